The molecule has 0 aliphatic rings. The van der Waals surface area contributed by atoms with Crippen LogP contribution in [0.25, 0.3) is 11.5 Å². The molecule has 0 saturated carbocycles. The van der Waals surface area contributed by atoms with E-state index in [1.54, 1.807) is 17.6 Å². The van der Waals surface area contributed by atoms with Crippen molar-refractivity contribution in [2.45, 2.75) is 16.5 Å². The summed E-state index contributed by atoms with van der Waals surface area (Å²) in [6.45, 7) is 1.93. The molecular formula is C12H9N5O3S2. The number of hydrogen-bond donors (Lipinski definition) is 0. The molecule has 0 amide bonds. The molecule has 0 bridgehead atoms. The predicted molar refractivity (Wildman–Crippen MR) is 80.6 cm³/mol. The van der Waals surface area contributed by atoms with Gasteiger partial charge in [0.05, 0.1) is 10.2 Å². The molecule has 1 atom stereocenters. The summed E-state index contributed by atoms with van der Waals surface area (Å²) in [5.41, 5.74) is 2.31. The minimum atomic E-state index is -0.455. The lowest BCUT2D eigenvalue weighted by Crippen LogP contribution is -1.88. The van der Waals surface area contributed by atoms with Crippen molar-refractivity contribution in [2.24, 2.45) is 0 Å². The van der Waals surface area contributed by atoms with E-state index in [0.717, 1.165) is 4.34 Å². The van der Waals surface area contributed by atoms with Crippen LogP contribution in [0.3, 0.4) is 0 Å². The Hall–Kier alpha value is -2.33. The molecule has 2 aromatic heterocycles. The predicted octanol–water partition coefficient (Wildman–Crippen LogP) is 3.35. The molecule has 3 aromatic rings. The highest BCUT2D eigenvalue weighted by Crippen LogP contribution is 2.35. The van der Waals surface area contributed by atoms with Gasteiger partial charge < -0.3 is 4.42 Å². The van der Waals surface area contributed by atoms with E-state index in [4.69, 9.17) is 4.42 Å². The van der Waals surface area contributed by atoms with Crippen LogP contribution in [-0.2, 0) is 0 Å². The highest BCUT2D eigenvalue weighted by Gasteiger charge is 2.18. The van der Waals surface area contributed by atoms with E-state index in [2.05, 4.69) is 20.4 Å². The molecular weight excluding hydrogens is 326 g/mol. The molecule has 112 valence electrons. The monoisotopic (exact) mass is 335 g/mol. The van der Waals surface area contributed by atoms with Gasteiger partial charge in [0.25, 0.3) is 5.69 Å². The Bertz CT molecular complexity index is 772. The van der Waals surface area contributed by atoms with Crippen molar-refractivity contribution in [3.05, 3.63) is 45.8 Å². The van der Waals surface area contributed by atoms with Crippen LogP contribution in [0.2, 0.25) is 0 Å². The Morgan fingerprint density at radius 1 is 1.27 bits per heavy atom. The summed E-state index contributed by atoms with van der Waals surface area (Å²) in [5.74, 6) is 0.795. The normalized spacial score (nSPS) is 12.2. The molecule has 1 aromatic carbocycles. The lowest BCUT2D eigenvalue weighted by atomic mass is 10.2. The van der Waals surface area contributed by atoms with Crippen LogP contribution in [0, 0.1) is 10.1 Å². The average molecular weight is 335 g/mol. The number of hydrogen-bond acceptors (Lipinski definition) is 9. The number of nitrogens with zero attached hydrogens (tertiary/aromatic N) is 5. The molecule has 8 nitrogen and oxygen atoms in total. The Kier molecular flexibility index (Phi) is 4.11. The first kappa shape index (κ1) is 14.6. The van der Waals surface area contributed by atoms with Crippen molar-refractivity contribution < 1.29 is 9.34 Å². The van der Waals surface area contributed by atoms with Gasteiger partial charge in [-0.2, -0.15) is 0 Å². The van der Waals surface area contributed by atoms with Crippen LogP contribution in [0.15, 0.2) is 38.5 Å². The molecule has 0 fully saturated rings. The van der Waals surface area contributed by atoms with E-state index in [1.807, 2.05) is 6.92 Å². The molecule has 1 unspecified atom stereocenters. The van der Waals surface area contributed by atoms with Gasteiger partial charge in [-0.05, 0) is 19.1 Å². The van der Waals surface area contributed by atoms with Crippen molar-refractivity contribution >= 4 is 28.8 Å². The minimum Gasteiger partial charge on any atom is -0.419 e. The summed E-state index contributed by atoms with van der Waals surface area (Å²) in [7, 11) is 0. The Morgan fingerprint density at radius 3 is 2.68 bits per heavy atom. The summed E-state index contributed by atoms with van der Waals surface area (Å²) in [6.07, 6.45) is 0. The highest BCUT2D eigenvalue weighted by atomic mass is 32.2. The SMILES string of the molecule is CC(Sc1nncs1)c1nnc(-c2ccc([N+](=O)[O-])cc2)o1. The maximum absolute atomic E-state index is 10.6. The molecule has 0 aliphatic carbocycles. The van der Waals surface area contributed by atoms with Crippen molar-refractivity contribution in [3.8, 4) is 11.5 Å². The second kappa shape index (κ2) is 6.20. The second-order valence-corrected chi connectivity index (χ2v) is 6.64. The van der Waals surface area contributed by atoms with Gasteiger partial charge in [0.2, 0.25) is 11.8 Å². The molecule has 10 heteroatoms. The maximum atomic E-state index is 10.6. The van der Waals surface area contributed by atoms with Crippen LogP contribution in [0.1, 0.15) is 18.1 Å². The number of nitro benzene ring substituents is 1. The van der Waals surface area contributed by atoms with E-state index < -0.39 is 4.92 Å². The molecule has 0 aliphatic heterocycles. The smallest absolute Gasteiger partial charge is 0.269 e. The fourth-order valence-electron chi connectivity index (χ4n) is 1.66. The number of non-ortho nitro benzene ring substituents is 1. The standard InChI is InChI=1S/C12H9N5O3S2/c1-7(22-12-16-13-6-21-12)10-14-15-11(20-10)8-2-4-9(5-3-8)17(18)19/h2-7H,1H3. The molecule has 2 heterocycles. The van der Waals surface area contributed by atoms with Gasteiger partial charge >= 0.3 is 0 Å². The fourth-order valence-corrected chi connectivity index (χ4v) is 3.31. The average Bonchev–Trinajstić information content (AvgIpc) is 3.18. The van der Waals surface area contributed by atoms with E-state index in [-0.39, 0.29) is 10.9 Å². The zero-order valence-electron chi connectivity index (χ0n) is 11.2. The van der Waals surface area contributed by atoms with E-state index >= 15 is 0 Å². The van der Waals surface area contributed by atoms with Gasteiger partial charge in [-0.1, -0.05) is 23.1 Å². The third kappa shape index (κ3) is 3.12. The summed E-state index contributed by atoms with van der Waals surface area (Å²) >= 11 is 2.92. The number of aromatic nitrogens is 4. The molecule has 22 heavy (non-hydrogen) atoms. The molecule has 0 saturated heterocycles. The quantitative estimate of drug-likeness (QED) is 0.397. The van der Waals surface area contributed by atoms with E-state index in [0.29, 0.717) is 17.3 Å². The maximum Gasteiger partial charge on any atom is 0.269 e. The summed E-state index contributed by atoms with van der Waals surface area (Å²) in [4.78, 5) is 10.2. The lowest BCUT2D eigenvalue weighted by molar-refractivity contribution is -0.384. The topological polar surface area (TPSA) is 108 Å². The van der Waals surface area contributed by atoms with Crippen LogP contribution >= 0.6 is 23.1 Å². The minimum absolute atomic E-state index is 0.0173. The van der Waals surface area contributed by atoms with E-state index in [1.165, 1.54) is 35.2 Å². The Labute approximate surface area is 132 Å². The summed E-state index contributed by atoms with van der Waals surface area (Å²) in [6, 6.07) is 5.97. The zero-order chi connectivity index (χ0) is 15.5. The molecule has 0 radical (unpaired) electrons. The number of nitro groups is 1. The fraction of sp³-hybridized carbons (Fsp3) is 0.167. The van der Waals surface area contributed by atoms with Crippen LogP contribution in [0.4, 0.5) is 5.69 Å². The van der Waals surface area contributed by atoms with E-state index in [9.17, 15) is 10.1 Å². The van der Waals surface area contributed by atoms with Gasteiger partial charge in [-0.25, -0.2) is 0 Å². The van der Waals surface area contributed by atoms with Gasteiger partial charge in [-0.3, -0.25) is 10.1 Å². The third-order valence-corrected chi connectivity index (χ3v) is 4.63. The first-order chi connectivity index (χ1) is 10.6. The van der Waals surface area contributed by atoms with Gasteiger partial charge in [0.15, 0.2) is 4.34 Å². The van der Waals surface area contributed by atoms with Crippen LogP contribution in [0.5, 0.6) is 0 Å². The van der Waals surface area contributed by atoms with Crippen molar-refractivity contribution in [3.63, 3.8) is 0 Å². The highest BCUT2D eigenvalue weighted by molar-refractivity contribution is 8.01. The summed E-state index contributed by atoms with van der Waals surface area (Å²) < 4.78 is 6.45. The third-order valence-electron chi connectivity index (χ3n) is 2.73. The second-order valence-electron chi connectivity index (χ2n) is 4.21. The summed E-state index contributed by atoms with van der Waals surface area (Å²) in [5, 5.41) is 26.3. The van der Waals surface area contributed by atoms with Crippen molar-refractivity contribution in [1.29, 1.82) is 0 Å². The first-order valence-corrected chi connectivity index (χ1v) is 7.90. The molecule has 0 N–H and O–H groups in total. The Balaban J connectivity index is 1.76. The van der Waals surface area contributed by atoms with Gasteiger partial charge in [0, 0.05) is 17.7 Å². The first-order valence-electron chi connectivity index (χ1n) is 6.14. The molecule has 0 spiro atoms. The zero-order valence-corrected chi connectivity index (χ0v) is 12.9. The Morgan fingerprint density at radius 2 is 2.05 bits per heavy atom. The lowest BCUT2D eigenvalue weighted by Gasteiger charge is -2.02. The van der Waals surface area contributed by atoms with Crippen LogP contribution in [-0.4, -0.2) is 25.3 Å². The number of benzene rings is 1. The van der Waals surface area contributed by atoms with Gasteiger partial charge in [0.1, 0.15) is 5.51 Å². The van der Waals surface area contributed by atoms with Gasteiger partial charge in [-0.15, -0.1) is 20.4 Å². The van der Waals surface area contributed by atoms with Crippen LogP contribution < -0.4 is 0 Å². The molecule has 3 rings (SSSR count). The van der Waals surface area contributed by atoms with Crippen molar-refractivity contribution in [2.75, 3.05) is 0 Å². The van der Waals surface area contributed by atoms with Crippen molar-refractivity contribution in [1.82, 2.24) is 20.4 Å². The number of thioether (sulfide) groups is 1. The number of rotatable bonds is 5. The largest absolute Gasteiger partial charge is 0.419 e.